The molecule has 1 aliphatic rings. The Balaban J connectivity index is 2.32. The molecule has 3 rings (SSSR count). The second kappa shape index (κ2) is 6.23. The van der Waals surface area contributed by atoms with Crippen LogP contribution in [0.3, 0.4) is 0 Å². The van der Waals surface area contributed by atoms with Crippen molar-refractivity contribution >= 4 is 29.5 Å². The Morgan fingerprint density at radius 2 is 1.88 bits per heavy atom. The SMILES string of the molecule is CC1CC(c2cc(-n3c(=O)n(C)c(=S)n(C)c3=O)c(F)cc2Cl)=NO1. The molecule has 0 N–H and O–H groups in total. The molecule has 7 nitrogen and oxygen atoms in total. The molecule has 0 saturated carbocycles. The predicted octanol–water partition coefficient (Wildman–Crippen LogP) is 1.91. The van der Waals surface area contributed by atoms with Crippen molar-refractivity contribution in [2.75, 3.05) is 0 Å². The molecule has 0 amide bonds. The summed E-state index contributed by atoms with van der Waals surface area (Å²) in [5.74, 6) is -0.808. The normalized spacial score (nSPS) is 16.7. The quantitative estimate of drug-likeness (QED) is 0.741. The summed E-state index contributed by atoms with van der Waals surface area (Å²) in [6.07, 6.45) is 0.351. The highest BCUT2D eigenvalue weighted by atomic mass is 35.5. The van der Waals surface area contributed by atoms with E-state index in [9.17, 15) is 14.0 Å². The van der Waals surface area contributed by atoms with Gasteiger partial charge in [-0.05, 0) is 31.3 Å². The molecular formula is C15H14ClFN4O3S. The van der Waals surface area contributed by atoms with Crippen molar-refractivity contribution in [2.24, 2.45) is 19.3 Å². The third-order valence-corrected chi connectivity index (χ3v) is 4.80. The Morgan fingerprint density at radius 3 is 2.40 bits per heavy atom. The topological polar surface area (TPSA) is 70.5 Å². The minimum atomic E-state index is -0.808. The lowest BCUT2D eigenvalue weighted by molar-refractivity contribution is 0.0995. The number of halogens is 2. The van der Waals surface area contributed by atoms with E-state index >= 15 is 0 Å². The van der Waals surface area contributed by atoms with Gasteiger partial charge in [0.05, 0.1) is 16.4 Å². The van der Waals surface area contributed by atoms with E-state index in [0.29, 0.717) is 22.3 Å². The second-order valence-corrected chi connectivity index (χ2v) is 6.52. The van der Waals surface area contributed by atoms with E-state index < -0.39 is 17.2 Å². The summed E-state index contributed by atoms with van der Waals surface area (Å²) in [6, 6.07) is 2.37. The Hall–Kier alpha value is -2.26. The lowest BCUT2D eigenvalue weighted by Crippen LogP contribution is -2.43. The van der Waals surface area contributed by atoms with Crippen LogP contribution in [0.4, 0.5) is 4.39 Å². The smallest absolute Gasteiger partial charge is 0.338 e. The zero-order valence-electron chi connectivity index (χ0n) is 13.6. The van der Waals surface area contributed by atoms with E-state index in [4.69, 9.17) is 28.7 Å². The molecule has 0 radical (unpaired) electrons. The molecule has 1 unspecified atom stereocenters. The monoisotopic (exact) mass is 384 g/mol. The molecule has 0 fully saturated rings. The Labute approximate surface area is 151 Å². The van der Waals surface area contributed by atoms with Gasteiger partial charge >= 0.3 is 11.4 Å². The highest BCUT2D eigenvalue weighted by molar-refractivity contribution is 7.71. The van der Waals surface area contributed by atoms with Gasteiger partial charge in [0.25, 0.3) is 0 Å². The van der Waals surface area contributed by atoms with Crippen molar-refractivity contribution in [3.05, 3.63) is 54.3 Å². The maximum Gasteiger partial charge on any atom is 0.338 e. The summed E-state index contributed by atoms with van der Waals surface area (Å²) >= 11 is 11.1. The number of hydrogen-bond donors (Lipinski definition) is 0. The van der Waals surface area contributed by atoms with Crippen LogP contribution in [0, 0.1) is 10.6 Å². The lowest BCUT2D eigenvalue weighted by atomic mass is 10.0. The molecule has 0 saturated heterocycles. The van der Waals surface area contributed by atoms with E-state index in [1.54, 1.807) is 0 Å². The number of aromatic nitrogens is 3. The summed E-state index contributed by atoms with van der Waals surface area (Å²) in [7, 11) is 2.82. The Morgan fingerprint density at radius 1 is 1.28 bits per heavy atom. The lowest BCUT2D eigenvalue weighted by Gasteiger charge is -2.13. The second-order valence-electron chi connectivity index (χ2n) is 5.74. The molecule has 10 heteroatoms. The van der Waals surface area contributed by atoms with Gasteiger partial charge in [0, 0.05) is 26.1 Å². The first-order valence-electron chi connectivity index (χ1n) is 7.34. The number of rotatable bonds is 2. The van der Waals surface area contributed by atoms with Crippen LogP contribution >= 0.6 is 23.8 Å². The molecule has 1 aliphatic heterocycles. The van der Waals surface area contributed by atoms with Gasteiger partial charge in [-0.15, -0.1) is 0 Å². The van der Waals surface area contributed by atoms with Gasteiger partial charge in [0.1, 0.15) is 11.9 Å². The zero-order chi connectivity index (χ0) is 18.5. The fourth-order valence-electron chi connectivity index (χ4n) is 2.57. The van der Waals surface area contributed by atoms with E-state index in [1.165, 1.54) is 20.2 Å². The molecule has 2 aromatic rings. The van der Waals surface area contributed by atoms with E-state index in [2.05, 4.69) is 5.16 Å². The van der Waals surface area contributed by atoms with Crippen molar-refractivity contribution in [1.82, 2.24) is 13.7 Å². The maximum absolute atomic E-state index is 14.5. The molecule has 1 aromatic carbocycles. The molecule has 132 valence electrons. The average Bonchev–Trinajstić information content (AvgIpc) is 2.99. The van der Waals surface area contributed by atoms with Crippen molar-refractivity contribution in [3.8, 4) is 5.69 Å². The van der Waals surface area contributed by atoms with Crippen molar-refractivity contribution < 1.29 is 9.23 Å². The van der Waals surface area contributed by atoms with Crippen molar-refractivity contribution in [1.29, 1.82) is 0 Å². The highest BCUT2D eigenvalue weighted by Crippen LogP contribution is 2.26. The molecule has 0 bridgehead atoms. The van der Waals surface area contributed by atoms with Crippen molar-refractivity contribution in [2.45, 2.75) is 19.4 Å². The van der Waals surface area contributed by atoms with Crippen LogP contribution < -0.4 is 11.4 Å². The van der Waals surface area contributed by atoms with Gasteiger partial charge in [-0.2, -0.15) is 0 Å². The van der Waals surface area contributed by atoms with Crippen molar-refractivity contribution in [3.63, 3.8) is 0 Å². The van der Waals surface area contributed by atoms with Gasteiger partial charge in [-0.3, -0.25) is 9.13 Å². The fourth-order valence-corrected chi connectivity index (χ4v) is 2.98. The summed E-state index contributed by atoms with van der Waals surface area (Å²) in [6.45, 7) is 1.83. The van der Waals surface area contributed by atoms with Crippen LogP contribution in [0.5, 0.6) is 0 Å². The Bertz CT molecular complexity index is 1050. The first-order chi connectivity index (χ1) is 11.7. The minimum absolute atomic E-state index is 0.0308. The minimum Gasteiger partial charge on any atom is -0.392 e. The highest BCUT2D eigenvalue weighted by Gasteiger charge is 2.23. The predicted molar refractivity (Wildman–Crippen MR) is 93.8 cm³/mol. The van der Waals surface area contributed by atoms with Gasteiger partial charge < -0.3 is 4.84 Å². The largest absolute Gasteiger partial charge is 0.392 e. The molecular weight excluding hydrogens is 371 g/mol. The van der Waals surface area contributed by atoms with E-state index in [0.717, 1.165) is 15.2 Å². The number of benzene rings is 1. The van der Waals surface area contributed by atoms with Crippen LogP contribution in [0.25, 0.3) is 5.69 Å². The third-order valence-electron chi connectivity index (χ3n) is 3.94. The number of hydrogen-bond acceptors (Lipinski definition) is 5. The van der Waals surface area contributed by atoms with Gasteiger partial charge in [0.2, 0.25) is 0 Å². The summed E-state index contributed by atoms with van der Waals surface area (Å²) in [4.78, 5) is 30.1. The van der Waals surface area contributed by atoms with Crippen LogP contribution in [-0.2, 0) is 18.9 Å². The fraction of sp³-hybridized carbons (Fsp3) is 0.333. The standard InChI is InChI=1S/C15H14ClFN4O3S/c1-7-4-11(18-24-7)8-5-12(10(17)6-9(8)16)21-13(22)19(2)15(25)20(3)14(21)23/h5-7H,4H2,1-3H3. The van der Waals surface area contributed by atoms with Crippen LogP contribution in [0.1, 0.15) is 18.9 Å². The maximum atomic E-state index is 14.5. The van der Waals surface area contributed by atoms with Gasteiger partial charge in [-0.25, -0.2) is 18.5 Å². The van der Waals surface area contributed by atoms with E-state index in [-0.39, 0.29) is 21.6 Å². The molecule has 25 heavy (non-hydrogen) atoms. The molecule has 2 heterocycles. The van der Waals surface area contributed by atoms with Crippen LogP contribution in [0.15, 0.2) is 26.9 Å². The van der Waals surface area contributed by atoms with E-state index in [1.807, 2.05) is 6.92 Å². The summed E-state index contributed by atoms with van der Waals surface area (Å²) < 4.78 is 17.4. The third kappa shape index (κ3) is 2.83. The number of nitrogens with zero attached hydrogens (tertiary/aromatic N) is 4. The molecule has 0 spiro atoms. The van der Waals surface area contributed by atoms with Gasteiger partial charge in [-0.1, -0.05) is 16.8 Å². The number of oxime groups is 1. The summed E-state index contributed by atoms with van der Waals surface area (Å²) in [5.41, 5.74) is -0.802. The first kappa shape index (κ1) is 17.6. The molecule has 0 aliphatic carbocycles. The molecule has 1 aromatic heterocycles. The summed E-state index contributed by atoms with van der Waals surface area (Å²) in [5, 5.41) is 4.04. The first-order valence-corrected chi connectivity index (χ1v) is 8.12. The zero-order valence-corrected chi connectivity index (χ0v) is 15.2. The van der Waals surface area contributed by atoms with Crippen LogP contribution in [-0.4, -0.2) is 25.5 Å². The average molecular weight is 385 g/mol. The Kier molecular flexibility index (Phi) is 4.38. The van der Waals surface area contributed by atoms with Crippen LogP contribution in [0.2, 0.25) is 5.02 Å². The molecule has 1 atom stereocenters. The van der Waals surface area contributed by atoms with Gasteiger partial charge in [0.15, 0.2) is 4.77 Å².